The number of rotatable bonds is 6. The van der Waals surface area contributed by atoms with Crippen molar-refractivity contribution < 1.29 is 19.4 Å². The van der Waals surface area contributed by atoms with Crippen molar-refractivity contribution in [3.8, 4) is 0 Å². The third-order valence-electron chi connectivity index (χ3n) is 2.96. The number of nitrogens with one attached hydrogen (secondary N) is 1. The fourth-order valence-electron chi connectivity index (χ4n) is 1.57. The van der Waals surface area contributed by atoms with Gasteiger partial charge >= 0.3 is 0 Å². The zero-order valence-corrected chi connectivity index (χ0v) is 10.3. The minimum atomic E-state index is -0.989. The number of amides is 1. The number of hydrogen-bond acceptors (Lipinski definition) is 3. The molecule has 18 heavy (non-hydrogen) atoms. The van der Waals surface area contributed by atoms with Gasteiger partial charge in [-0.1, -0.05) is 19.1 Å². The second-order valence-electron chi connectivity index (χ2n) is 4.30. The molecule has 4 nitrogen and oxygen atoms in total. The number of aliphatic hydroxyl groups is 2. The van der Waals surface area contributed by atoms with Gasteiger partial charge in [-0.15, -0.1) is 0 Å². The Morgan fingerprint density at radius 3 is 2.28 bits per heavy atom. The van der Waals surface area contributed by atoms with Crippen LogP contribution in [-0.2, 0) is 11.2 Å². The van der Waals surface area contributed by atoms with Crippen molar-refractivity contribution >= 4 is 5.91 Å². The molecule has 0 spiro atoms. The van der Waals surface area contributed by atoms with Crippen LogP contribution in [0.15, 0.2) is 24.3 Å². The summed E-state index contributed by atoms with van der Waals surface area (Å²) in [4.78, 5) is 11.8. The molecule has 0 atom stereocenters. The molecule has 1 amide bonds. The van der Waals surface area contributed by atoms with Gasteiger partial charge in [-0.25, -0.2) is 4.39 Å². The minimum absolute atomic E-state index is 0.0853. The molecule has 0 aliphatic carbocycles. The Balaban J connectivity index is 2.63. The normalized spacial score (nSPS) is 11.3. The summed E-state index contributed by atoms with van der Waals surface area (Å²) in [6, 6.07) is 5.63. The maximum atomic E-state index is 12.7. The summed E-state index contributed by atoms with van der Waals surface area (Å²) in [6.45, 7) is 1.12. The SMILES string of the molecule is CCC(CO)(CO)NC(=O)Cc1ccc(F)cc1. The number of carbonyl (C=O) groups excluding carboxylic acids is 1. The Morgan fingerprint density at radius 1 is 1.28 bits per heavy atom. The number of carbonyl (C=O) groups is 1. The smallest absolute Gasteiger partial charge is 0.225 e. The lowest BCUT2D eigenvalue weighted by Gasteiger charge is -2.29. The van der Waals surface area contributed by atoms with Gasteiger partial charge in [0, 0.05) is 0 Å². The van der Waals surface area contributed by atoms with Crippen LogP contribution in [0.4, 0.5) is 4.39 Å². The molecule has 0 saturated heterocycles. The molecule has 1 rings (SSSR count). The Morgan fingerprint density at radius 2 is 1.83 bits per heavy atom. The summed E-state index contributed by atoms with van der Waals surface area (Å²) < 4.78 is 12.7. The fraction of sp³-hybridized carbons (Fsp3) is 0.462. The first-order valence-electron chi connectivity index (χ1n) is 5.82. The van der Waals surface area contributed by atoms with Crippen LogP contribution in [0.1, 0.15) is 18.9 Å². The molecule has 1 aromatic rings. The summed E-state index contributed by atoms with van der Waals surface area (Å²) in [7, 11) is 0. The summed E-state index contributed by atoms with van der Waals surface area (Å²) >= 11 is 0. The fourth-order valence-corrected chi connectivity index (χ4v) is 1.57. The van der Waals surface area contributed by atoms with Crippen molar-refractivity contribution in [1.82, 2.24) is 5.32 Å². The van der Waals surface area contributed by atoms with Gasteiger partial charge in [0.25, 0.3) is 0 Å². The number of hydrogen-bond donors (Lipinski definition) is 3. The molecule has 0 bridgehead atoms. The Hall–Kier alpha value is -1.46. The molecule has 0 radical (unpaired) electrons. The van der Waals surface area contributed by atoms with E-state index < -0.39 is 5.54 Å². The third kappa shape index (κ3) is 3.78. The molecule has 3 N–H and O–H groups in total. The monoisotopic (exact) mass is 255 g/mol. The van der Waals surface area contributed by atoms with Crippen molar-refractivity contribution in [1.29, 1.82) is 0 Å². The molecule has 1 aromatic carbocycles. The third-order valence-corrected chi connectivity index (χ3v) is 2.96. The molecular formula is C13H18FNO3. The molecule has 0 fully saturated rings. The maximum absolute atomic E-state index is 12.7. The van der Waals surface area contributed by atoms with Crippen LogP contribution in [0.2, 0.25) is 0 Å². The van der Waals surface area contributed by atoms with Gasteiger partial charge in [0.05, 0.1) is 25.2 Å². The van der Waals surface area contributed by atoms with Gasteiger partial charge in [-0.2, -0.15) is 0 Å². The van der Waals surface area contributed by atoms with E-state index in [2.05, 4.69) is 5.32 Å². The molecule has 0 aliphatic heterocycles. The van der Waals surface area contributed by atoms with Gasteiger partial charge in [0.2, 0.25) is 5.91 Å². The predicted molar refractivity (Wildman–Crippen MR) is 65.4 cm³/mol. The van der Waals surface area contributed by atoms with E-state index in [-0.39, 0.29) is 31.4 Å². The van der Waals surface area contributed by atoms with Gasteiger partial charge in [-0.3, -0.25) is 4.79 Å². The molecule has 0 aliphatic rings. The van der Waals surface area contributed by atoms with Gasteiger partial charge < -0.3 is 15.5 Å². The number of aliphatic hydroxyl groups excluding tert-OH is 2. The first-order chi connectivity index (χ1) is 8.55. The lowest BCUT2D eigenvalue weighted by Crippen LogP contribution is -2.54. The molecule has 0 aromatic heterocycles. The van der Waals surface area contributed by atoms with Crippen molar-refractivity contribution in [3.05, 3.63) is 35.6 Å². The van der Waals surface area contributed by atoms with Crippen molar-refractivity contribution in [2.24, 2.45) is 0 Å². The highest BCUT2D eigenvalue weighted by molar-refractivity contribution is 5.79. The summed E-state index contributed by atoms with van der Waals surface area (Å²) in [5, 5.41) is 21.0. The quantitative estimate of drug-likeness (QED) is 0.698. The lowest BCUT2D eigenvalue weighted by molar-refractivity contribution is -0.123. The largest absolute Gasteiger partial charge is 0.394 e. The van der Waals surface area contributed by atoms with Gasteiger partial charge in [-0.05, 0) is 24.1 Å². The van der Waals surface area contributed by atoms with E-state index in [0.29, 0.717) is 12.0 Å². The first kappa shape index (κ1) is 14.6. The Labute approximate surface area is 105 Å². The van der Waals surface area contributed by atoms with E-state index in [1.165, 1.54) is 24.3 Å². The van der Waals surface area contributed by atoms with E-state index in [9.17, 15) is 19.4 Å². The van der Waals surface area contributed by atoms with E-state index >= 15 is 0 Å². The molecule has 0 heterocycles. The van der Waals surface area contributed by atoms with Crippen LogP contribution >= 0.6 is 0 Å². The van der Waals surface area contributed by atoms with E-state index in [1.54, 1.807) is 6.92 Å². The average Bonchev–Trinajstić information content (AvgIpc) is 2.39. The molecule has 100 valence electrons. The van der Waals surface area contributed by atoms with E-state index in [0.717, 1.165) is 0 Å². The van der Waals surface area contributed by atoms with Crippen LogP contribution in [-0.4, -0.2) is 34.9 Å². The maximum Gasteiger partial charge on any atom is 0.225 e. The van der Waals surface area contributed by atoms with Crippen LogP contribution in [0.3, 0.4) is 0 Å². The highest BCUT2D eigenvalue weighted by Crippen LogP contribution is 2.10. The van der Waals surface area contributed by atoms with Crippen molar-refractivity contribution in [3.63, 3.8) is 0 Å². The predicted octanol–water partition coefficient (Wildman–Crippen LogP) is 0.618. The van der Waals surface area contributed by atoms with Crippen molar-refractivity contribution in [2.45, 2.75) is 25.3 Å². The van der Waals surface area contributed by atoms with Crippen LogP contribution in [0, 0.1) is 5.82 Å². The molecular weight excluding hydrogens is 237 g/mol. The average molecular weight is 255 g/mol. The summed E-state index contributed by atoms with van der Waals surface area (Å²) in [5.74, 6) is -0.667. The Bertz CT molecular complexity index is 379. The zero-order valence-electron chi connectivity index (χ0n) is 10.3. The van der Waals surface area contributed by atoms with E-state index in [4.69, 9.17) is 0 Å². The van der Waals surface area contributed by atoms with Crippen LogP contribution < -0.4 is 5.32 Å². The number of halogens is 1. The zero-order chi connectivity index (χ0) is 13.6. The van der Waals surface area contributed by atoms with Crippen molar-refractivity contribution in [2.75, 3.05) is 13.2 Å². The topological polar surface area (TPSA) is 69.6 Å². The lowest BCUT2D eigenvalue weighted by atomic mass is 9.98. The van der Waals surface area contributed by atoms with Gasteiger partial charge in [0.15, 0.2) is 0 Å². The summed E-state index contributed by atoms with van der Waals surface area (Å²) in [5.41, 5.74) is -0.313. The van der Waals surface area contributed by atoms with Gasteiger partial charge in [0.1, 0.15) is 5.82 Å². The molecule has 5 heteroatoms. The summed E-state index contributed by atoms with van der Waals surface area (Å²) in [6.07, 6.45) is 0.511. The standard InChI is InChI=1S/C13H18FNO3/c1-2-13(8-16,9-17)15-12(18)7-10-3-5-11(14)6-4-10/h3-6,16-17H,2,7-9H2,1H3,(H,15,18). The van der Waals surface area contributed by atoms with E-state index in [1.807, 2.05) is 0 Å². The molecule has 0 saturated carbocycles. The van der Waals surface area contributed by atoms with Crippen LogP contribution in [0.25, 0.3) is 0 Å². The molecule has 0 unspecified atom stereocenters. The minimum Gasteiger partial charge on any atom is -0.394 e. The Kier molecular flexibility index (Phi) is 5.25. The van der Waals surface area contributed by atoms with Crippen LogP contribution in [0.5, 0.6) is 0 Å². The second kappa shape index (κ2) is 6.47. The highest BCUT2D eigenvalue weighted by atomic mass is 19.1. The highest BCUT2D eigenvalue weighted by Gasteiger charge is 2.28. The first-order valence-corrected chi connectivity index (χ1v) is 5.82. The second-order valence-corrected chi connectivity index (χ2v) is 4.30. The number of benzene rings is 1.